The van der Waals surface area contributed by atoms with Gasteiger partial charge in [-0.15, -0.1) is 0 Å². The summed E-state index contributed by atoms with van der Waals surface area (Å²) in [5.41, 5.74) is 0.736. The van der Waals surface area contributed by atoms with Crippen LogP contribution in [-0.2, 0) is 0 Å². The molecule has 2 rings (SSSR count). The molecule has 2 aromatic rings. The molecule has 1 heterocycles. The van der Waals surface area contributed by atoms with Crippen LogP contribution in [0, 0.1) is 0 Å². The third-order valence-corrected chi connectivity index (χ3v) is 3.04. The zero-order valence-electron chi connectivity index (χ0n) is 9.17. The highest BCUT2D eigenvalue weighted by Gasteiger charge is 2.05. The smallest absolute Gasteiger partial charge is 0.132 e. The number of pyridine rings is 1. The van der Waals surface area contributed by atoms with E-state index in [-0.39, 0.29) is 0 Å². The molecule has 0 aliphatic rings. The third-order valence-electron chi connectivity index (χ3n) is 2.22. The molecule has 0 saturated carbocycles. The lowest BCUT2D eigenvalue weighted by Gasteiger charge is -2.09. The fraction of sp³-hybridized carbons (Fsp3) is 0.0833. The van der Waals surface area contributed by atoms with Gasteiger partial charge in [0.05, 0.1) is 15.7 Å². The van der Waals surface area contributed by atoms with E-state index in [0.717, 1.165) is 11.5 Å². The quantitative estimate of drug-likeness (QED) is 0.877. The van der Waals surface area contributed by atoms with Gasteiger partial charge in [-0.05, 0) is 24.3 Å². The number of benzene rings is 1. The van der Waals surface area contributed by atoms with Gasteiger partial charge in [0.15, 0.2) is 0 Å². The van der Waals surface area contributed by atoms with Crippen LogP contribution in [0.2, 0.25) is 10.0 Å². The Labute approximate surface area is 110 Å². The van der Waals surface area contributed by atoms with E-state index in [9.17, 15) is 0 Å². The Kier molecular flexibility index (Phi) is 3.71. The van der Waals surface area contributed by atoms with E-state index >= 15 is 0 Å². The summed E-state index contributed by atoms with van der Waals surface area (Å²) < 4.78 is 0. The maximum absolute atomic E-state index is 6.08. The second-order valence-corrected chi connectivity index (χ2v) is 4.17. The minimum atomic E-state index is 0.492. The summed E-state index contributed by atoms with van der Waals surface area (Å²) in [6, 6.07) is 11.1. The van der Waals surface area contributed by atoms with Crippen molar-refractivity contribution in [3.63, 3.8) is 0 Å². The van der Waals surface area contributed by atoms with Gasteiger partial charge in [-0.25, -0.2) is 4.98 Å². The average molecular weight is 268 g/mol. The van der Waals surface area contributed by atoms with Gasteiger partial charge >= 0.3 is 0 Å². The number of hydrogen-bond donors (Lipinski definition) is 2. The summed E-state index contributed by atoms with van der Waals surface area (Å²) in [5, 5.41) is 7.10. The fourth-order valence-corrected chi connectivity index (χ4v) is 1.73. The first-order valence-corrected chi connectivity index (χ1v) is 5.82. The molecule has 1 aromatic heterocycles. The molecule has 3 nitrogen and oxygen atoms in total. The lowest BCUT2D eigenvalue weighted by molar-refractivity contribution is 1.28. The first-order valence-electron chi connectivity index (χ1n) is 5.06. The van der Waals surface area contributed by atoms with Gasteiger partial charge in [-0.3, -0.25) is 0 Å². The van der Waals surface area contributed by atoms with Crippen LogP contribution in [0.15, 0.2) is 36.4 Å². The van der Waals surface area contributed by atoms with Crippen LogP contribution in [0.5, 0.6) is 0 Å². The summed E-state index contributed by atoms with van der Waals surface area (Å²) >= 11 is 12.0. The molecular formula is C12H11Cl2N3. The van der Waals surface area contributed by atoms with Crippen molar-refractivity contribution in [2.24, 2.45) is 0 Å². The maximum atomic E-state index is 6.08. The van der Waals surface area contributed by atoms with Crippen molar-refractivity contribution in [3.8, 4) is 0 Å². The van der Waals surface area contributed by atoms with Gasteiger partial charge in [0.1, 0.15) is 11.6 Å². The van der Waals surface area contributed by atoms with Crippen molar-refractivity contribution >= 4 is 40.5 Å². The van der Waals surface area contributed by atoms with E-state index in [1.807, 2.05) is 37.4 Å². The molecule has 0 spiro atoms. The topological polar surface area (TPSA) is 37.0 Å². The van der Waals surface area contributed by atoms with Crippen LogP contribution < -0.4 is 10.6 Å². The van der Waals surface area contributed by atoms with Crippen molar-refractivity contribution < 1.29 is 0 Å². The maximum Gasteiger partial charge on any atom is 0.132 e. The molecule has 0 unspecified atom stereocenters. The Hall–Kier alpha value is -1.45. The molecule has 17 heavy (non-hydrogen) atoms. The van der Waals surface area contributed by atoms with Gasteiger partial charge in [0.25, 0.3) is 0 Å². The van der Waals surface area contributed by atoms with Crippen LogP contribution in [0.4, 0.5) is 17.3 Å². The number of aromatic nitrogens is 1. The normalized spacial score (nSPS) is 10.1. The highest BCUT2D eigenvalue weighted by atomic mass is 35.5. The van der Waals surface area contributed by atoms with Crippen molar-refractivity contribution in [1.82, 2.24) is 4.98 Å². The van der Waals surface area contributed by atoms with Gasteiger partial charge in [0, 0.05) is 7.05 Å². The van der Waals surface area contributed by atoms with E-state index in [0.29, 0.717) is 15.9 Å². The van der Waals surface area contributed by atoms with E-state index in [1.165, 1.54) is 0 Å². The molecule has 0 amide bonds. The molecular weight excluding hydrogens is 257 g/mol. The van der Waals surface area contributed by atoms with Crippen LogP contribution in [0.25, 0.3) is 0 Å². The molecule has 88 valence electrons. The zero-order chi connectivity index (χ0) is 12.3. The van der Waals surface area contributed by atoms with Gasteiger partial charge < -0.3 is 10.6 Å². The molecule has 1 aromatic carbocycles. The summed E-state index contributed by atoms with van der Waals surface area (Å²) in [6.07, 6.45) is 0. The van der Waals surface area contributed by atoms with Crippen molar-refractivity contribution in [1.29, 1.82) is 0 Å². The summed E-state index contributed by atoms with van der Waals surface area (Å²) in [4.78, 5) is 4.33. The van der Waals surface area contributed by atoms with Gasteiger partial charge in [-0.2, -0.15) is 0 Å². The second kappa shape index (κ2) is 5.25. The standard InChI is InChI=1S/C12H11Cl2N3/c1-15-10-6-3-7-11(17-10)16-9-5-2-4-8(13)12(9)14/h2-7H,1H3,(H2,15,16,17). The van der Waals surface area contributed by atoms with Gasteiger partial charge in [-0.1, -0.05) is 35.3 Å². The third kappa shape index (κ3) is 2.81. The molecule has 0 saturated heterocycles. The molecule has 5 heteroatoms. The highest BCUT2D eigenvalue weighted by molar-refractivity contribution is 6.43. The number of nitrogens with one attached hydrogen (secondary N) is 2. The predicted octanol–water partition coefficient (Wildman–Crippen LogP) is 4.17. The largest absolute Gasteiger partial charge is 0.373 e. The molecule has 0 aliphatic heterocycles. The Morgan fingerprint density at radius 2 is 1.71 bits per heavy atom. The minimum absolute atomic E-state index is 0.492. The molecule has 0 fully saturated rings. The summed E-state index contributed by atoms with van der Waals surface area (Å²) in [5.74, 6) is 1.49. The monoisotopic (exact) mass is 267 g/mol. The zero-order valence-corrected chi connectivity index (χ0v) is 10.7. The number of nitrogens with zero attached hydrogens (tertiary/aromatic N) is 1. The first-order chi connectivity index (χ1) is 8.20. The number of hydrogen-bond acceptors (Lipinski definition) is 3. The number of halogens is 2. The average Bonchev–Trinajstić information content (AvgIpc) is 2.35. The number of rotatable bonds is 3. The fourth-order valence-electron chi connectivity index (χ4n) is 1.38. The van der Waals surface area contributed by atoms with E-state index in [1.54, 1.807) is 6.07 Å². The van der Waals surface area contributed by atoms with E-state index in [2.05, 4.69) is 15.6 Å². The highest BCUT2D eigenvalue weighted by Crippen LogP contribution is 2.31. The van der Waals surface area contributed by atoms with Crippen molar-refractivity contribution in [2.45, 2.75) is 0 Å². The second-order valence-electron chi connectivity index (χ2n) is 3.38. The van der Waals surface area contributed by atoms with Gasteiger partial charge in [0.2, 0.25) is 0 Å². The lowest BCUT2D eigenvalue weighted by Crippen LogP contribution is -1.97. The molecule has 0 bridgehead atoms. The summed E-state index contributed by atoms with van der Waals surface area (Å²) in [6.45, 7) is 0. The molecule has 0 atom stereocenters. The molecule has 2 N–H and O–H groups in total. The Balaban J connectivity index is 2.28. The van der Waals surface area contributed by atoms with Crippen LogP contribution in [-0.4, -0.2) is 12.0 Å². The van der Waals surface area contributed by atoms with E-state index in [4.69, 9.17) is 23.2 Å². The lowest BCUT2D eigenvalue weighted by atomic mass is 10.3. The van der Waals surface area contributed by atoms with Crippen molar-refractivity contribution in [2.75, 3.05) is 17.7 Å². The van der Waals surface area contributed by atoms with Crippen LogP contribution in [0.3, 0.4) is 0 Å². The van der Waals surface area contributed by atoms with Crippen LogP contribution >= 0.6 is 23.2 Å². The van der Waals surface area contributed by atoms with Crippen LogP contribution in [0.1, 0.15) is 0 Å². The Morgan fingerprint density at radius 3 is 2.47 bits per heavy atom. The van der Waals surface area contributed by atoms with Crippen molar-refractivity contribution in [3.05, 3.63) is 46.4 Å². The minimum Gasteiger partial charge on any atom is -0.373 e. The Bertz CT molecular complexity index is 529. The van der Waals surface area contributed by atoms with E-state index < -0.39 is 0 Å². The molecule has 0 aliphatic carbocycles. The predicted molar refractivity (Wildman–Crippen MR) is 73.5 cm³/mol. The first kappa shape index (κ1) is 12.0. The SMILES string of the molecule is CNc1cccc(Nc2cccc(Cl)c2Cl)n1. The summed E-state index contributed by atoms with van der Waals surface area (Å²) in [7, 11) is 1.82. The number of anilines is 3. The Morgan fingerprint density at radius 1 is 1.00 bits per heavy atom. The molecule has 0 radical (unpaired) electrons.